The summed E-state index contributed by atoms with van der Waals surface area (Å²) < 4.78 is 13.1. The molecule has 0 amide bonds. The molecule has 0 spiro atoms. The van der Waals surface area contributed by atoms with Gasteiger partial charge >= 0.3 is 5.97 Å². The fraction of sp³-hybridized carbons (Fsp3) is 0.417. The summed E-state index contributed by atoms with van der Waals surface area (Å²) in [5, 5.41) is 8.83. The predicted molar refractivity (Wildman–Crippen MR) is 57.7 cm³/mol. The van der Waals surface area contributed by atoms with Crippen LogP contribution in [0.15, 0.2) is 18.2 Å². The molecule has 4 heteroatoms. The number of fused-ring (bicyclic) bond motifs is 1. The summed E-state index contributed by atoms with van der Waals surface area (Å²) in [5.74, 6) is -1.24. The second kappa shape index (κ2) is 4.22. The zero-order valence-corrected chi connectivity index (χ0v) is 9.11. The van der Waals surface area contributed by atoms with E-state index in [2.05, 4.69) is 4.90 Å². The van der Waals surface area contributed by atoms with Gasteiger partial charge in [0.2, 0.25) is 0 Å². The Bertz CT molecular complexity index is 419. The highest BCUT2D eigenvalue weighted by Crippen LogP contribution is 2.30. The molecule has 3 nitrogen and oxygen atoms in total. The van der Waals surface area contributed by atoms with Crippen LogP contribution in [0.3, 0.4) is 0 Å². The van der Waals surface area contributed by atoms with E-state index in [9.17, 15) is 9.18 Å². The summed E-state index contributed by atoms with van der Waals surface area (Å²) in [4.78, 5) is 12.8. The molecule has 0 aromatic heterocycles. The molecule has 0 bridgehead atoms. The maximum absolute atomic E-state index is 13.1. The highest BCUT2D eigenvalue weighted by molar-refractivity contribution is 5.68. The van der Waals surface area contributed by atoms with Crippen LogP contribution in [0.5, 0.6) is 0 Å². The molecule has 0 radical (unpaired) electrons. The van der Waals surface area contributed by atoms with Gasteiger partial charge in [-0.2, -0.15) is 0 Å². The van der Waals surface area contributed by atoms with Crippen molar-refractivity contribution < 1.29 is 14.3 Å². The summed E-state index contributed by atoms with van der Waals surface area (Å²) in [7, 11) is 1.95. The van der Waals surface area contributed by atoms with Crippen LogP contribution in [0.2, 0.25) is 0 Å². The van der Waals surface area contributed by atoms with E-state index in [4.69, 9.17) is 5.11 Å². The van der Waals surface area contributed by atoms with Gasteiger partial charge in [0.25, 0.3) is 0 Å². The molecule has 1 aliphatic heterocycles. The lowest BCUT2D eigenvalue weighted by Gasteiger charge is -2.31. The predicted octanol–water partition coefficient (Wildman–Crippen LogP) is 1.83. The third kappa shape index (κ3) is 2.22. The summed E-state index contributed by atoms with van der Waals surface area (Å²) >= 11 is 0. The first-order valence-corrected chi connectivity index (χ1v) is 5.25. The Hall–Kier alpha value is -1.42. The summed E-state index contributed by atoms with van der Waals surface area (Å²) in [6, 6.07) is 4.64. The van der Waals surface area contributed by atoms with Crippen molar-refractivity contribution in [1.82, 2.24) is 4.90 Å². The third-order valence-electron chi connectivity index (χ3n) is 2.94. The minimum atomic E-state index is -0.837. The molecule has 1 atom stereocenters. The first-order valence-electron chi connectivity index (χ1n) is 5.25. The number of aliphatic carboxylic acids is 1. The molecule has 0 saturated carbocycles. The average molecular weight is 223 g/mol. The Kier molecular flexibility index (Phi) is 2.92. The van der Waals surface area contributed by atoms with Crippen molar-refractivity contribution in [2.75, 3.05) is 13.6 Å². The minimum absolute atomic E-state index is 0.0563. The van der Waals surface area contributed by atoms with E-state index >= 15 is 0 Å². The molecular formula is C12H14FNO2. The molecule has 2 rings (SSSR count). The van der Waals surface area contributed by atoms with E-state index in [1.54, 1.807) is 6.07 Å². The number of benzene rings is 1. The second-order valence-corrected chi connectivity index (χ2v) is 4.33. The number of carboxylic acid groups (broad SMARTS) is 1. The second-order valence-electron chi connectivity index (χ2n) is 4.33. The van der Waals surface area contributed by atoms with Gasteiger partial charge in [0, 0.05) is 19.0 Å². The number of hydrogen-bond acceptors (Lipinski definition) is 2. The first kappa shape index (κ1) is 11.1. The van der Waals surface area contributed by atoms with Gasteiger partial charge in [-0.1, -0.05) is 6.07 Å². The van der Waals surface area contributed by atoms with Gasteiger partial charge in [-0.25, -0.2) is 4.39 Å². The summed E-state index contributed by atoms with van der Waals surface area (Å²) in [6.45, 7) is 1.43. The zero-order valence-electron chi connectivity index (χ0n) is 9.11. The highest BCUT2D eigenvalue weighted by atomic mass is 19.1. The SMILES string of the molecule is CN1Cc2ccc(F)cc2C(CC(=O)O)C1. The fourth-order valence-electron chi connectivity index (χ4n) is 2.31. The Morgan fingerprint density at radius 2 is 2.38 bits per heavy atom. The molecule has 86 valence electrons. The molecule has 0 aliphatic carbocycles. The van der Waals surface area contributed by atoms with Crippen LogP contribution in [-0.2, 0) is 11.3 Å². The Morgan fingerprint density at radius 1 is 1.62 bits per heavy atom. The topological polar surface area (TPSA) is 40.5 Å². The molecule has 16 heavy (non-hydrogen) atoms. The lowest BCUT2D eigenvalue weighted by atomic mass is 9.87. The average Bonchev–Trinajstić information content (AvgIpc) is 2.18. The van der Waals surface area contributed by atoms with Gasteiger partial charge in [0.15, 0.2) is 0 Å². The van der Waals surface area contributed by atoms with E-state index in [1.165, 1.54) is 12.1 Å². The van der Waals surface area contributed by atoms with Crippen LogP contribution < -0.4 is 0 Å². The number of carbonyl (C=O) groups is 1. The van der Waals surface area contributed by atoms with Gasteiger partial charge in [0.05, 0.1) is 6.42 Å². The highest BCUT2D eigenvalue weighted by Gasteiger charge is 2.25. The van der Waals surface area contributed by atoms with Gasteiger partial charge in [-0.15, -0.1) is 0 Å². The van der Waals surface area contributed by atoms with E-state index in [0.717, 1.165) is 17.7 Å². The number of hydrogen-bond donors (Lipinski definition) is 1. The molecule has 1 unspecified atom stereocenters. The fourth-order valence-corrected chi connectivity index (χ4v) is 2.31. The van der Waals surface area contributed by atoms with Gasteiger partial charge in [-0.3, -0.25) is 4.79 Å². The number of rotatable bonds is 2. The van der Waals surface area contributed by atoms with Crippen molar-refractivity contribution in [3.05, 3.63) is 35.1 Å². The molecule has 1 aliphatic rings. The smallest absolute Gasteiger partial charge is 0.304 e. The first-order chi connectivity index (χ1) is 7.56. The summed E-state index contributed by atoms with van der Waals surface area (Å²) in [5.41, 5.74) is 1.88. The lowest BCUT2D eigenvalue weighted by molar-refractivity contribution is -0.137. The standard InChI is InChI=1S/C12H14FNO2/c1-14-6-8-2-3-10(13)5-11(8)9(7-14)4-12(15)16/h2-3,5,9H,4,6-7H2,1H3,(H,15,16). The maximum atomic E-state index is 13.1. The number of halogens is 1. The van der Waals surface area contributed by atoms with Crippen LogP contribution in [0.4, 0.5) is 4.39 Å². The van der Waals surface area contributed by atoms with Crippen LogP contribution in [0, 0.1) is 5.82 Å². The molecule has 1 aromatic rings. The van der Waals surface area contributed by atoms with Crippen molar-refractivity contribution in [1.29, 1.82) is 0 Å². The minimum Gasteiger partial charge on any atom is -0.481 e. The number of carboxylic acids is 1. The number of nitrogens with zero attached hydrogens (tertiary/aromatic N) is 1. The van der Waals surface area contributed by atoms with E-state index in [1.807, 2.05) is 7.05 Å². The molecule has 1 heterocycles. The molecule has 0 fully saturated rings. The van der Waals surface area contributed by atoms with Crippen LogP contribution in [-0.4, -0.2) is 29.6 Å². The van der Waals surface area contributed by atoms with Crippen LogP contribution in [0.25, 0.3) is 0 Å². The van der Waals surface area contributed by atoms with Crippen molar-refractivity contribution in [2.24, 2.45) is 0 Å². The van der Waals surface area contributed by atoms with E-state index < -0.39 is 5.97 Å². The lowest BCUT2D eigenvalue weighted by Crippen LogP contribution is -2.31. The van der Waals surface area contributed by atoms with E-state index in [0.29, 0.717) is 6.54 Å². The van der Waals surface area contributed by atoms with Crippen molar-refractivity contribution in [2.45, 2.75) is 18.9 Å². The Balaban J connectivity index is 2.35. The zero-order chi connectivity index (χ0) is 11.7. The van der Waals surface area contributed by atoms with Crippen LogP contribution in [0.1, 0.15) is 23.5 Å². The number of likely N-dealkylation sites (N-methyl/N-ethyl adjacent to an activating group) is 1. The molecule has 1 aromatic carbocycles. The van der Waals surface area contributed by atoms with Gasteiger partial charge < -0.3 is 10.0 Å². The van der Waals surface area contributed by atoms with Gasteiger partial charge in [-0.05, 0) is 30.3 Å². The molecule has 0 saturated heterocycles. The third-order valence-corrected chi connectivity index (χ3v) is 2.94. The van der Waals surface area contributed by atoms with Crippen LogP contribution >= 0.6 is 0 Å². The summed E-state index contributed by atoms with van der Waals surface area (Å²) in [6.07, 6.45) is 0.0563. The molecular weight excluding hydrogens is 209 g/mol. The van der Waals surface area contributed by atoms with Crippen molar-refractivity contribution in [3.63, 3.8) is 0 Å². The Morgan fingerprint density at radius 3 is 3.06 bits per heavy atom. The normalized spacial score (nSPS) is 20.5. The van der Waals surface area contributed by atoms with E-state index in [-0.39, 0.29) is 18.2 Å². The van der Waals surface area contributed by atoms with Crippen molar-refractivity contribution >= 4 is 5.97 Å². The van der Waals surface area contributed by atoms with Crippen molar-refractivity contribution in [3.8, 4) is 0 Å². The maximum Gasteiger partial charge on any atom is 0.304 e. The molecule has 1 N–H and O–H groups in total. The monoisotopic (exact) mass is 223 g/mol. The van der Waals surface area contributed by atoms with Gasteiger partial charge in [0.1, 0.15) is 5.82 Å². The Labute approximate surface area is 93.5 Å². The quantitative estimate of drug-likeness (QED) is 0.831. The largest absolute Gasteiger partial charge is 0.481 e.